The summed E-state index contributed by atoms with van der Waals surface area (Å²) >= 11 is 3.33. The van der Waals surface area contributed by atoms with E-state index in [2.05, 4.69) is 25.9 Å². The van der Waals surface area contributed by atoms with Crippen molar-refractivity contribution >= 4 is 15.9 Å². The highest BCUT2D eigenvalue weighted by molar-refractivity contribution is 9.08. The van der Waals surface area contributed by atoms with E-state index < -0.39 is 0 Å². The van der Waals surface area contributed by atoms with Gasteiger partial charge in [0, 0.05) is 23.3 Å². The number of rotatable bonds is 2. The van der Waals surface area contributed by atoms with Gasteiger partial charge in [0.05, 0.1) is 11.9 Å². The Morgan fingerprint density at radius 1 is 1.27 bits per heavy atom. The molecule has 0 amide bonds. The van der Waals surface area contributed by atoms with Crippen molar-refractivity contribution in [2.24, 2.45) is 0 Å². The minimum Gasteiger partial charge on any atom is -0.265 e. The molecule has 0 N–H and O–H groups in total. The Hall–Kier alpha value is -1.29. The van der Waals surface area contributed by atoms with Gasteiger partial charge in [-0.2, -0.15) is 0 Å². The van der Waals surface area contributed by atoms with E-state index in [0.29, 0.717) is 5.33 Å². The maximum Gasteiger partial charge on any atom is 0.142 e. The number of hydrogen-bond acceptors (Lipinski definition) is 2. The zero-order valence-electron chi connectivity index (χ0n) is 7.82. The summed E-state index contributed by atoms with van der Waals surface area (Å²) in [4.78, 5) is 7.95. The molecule has 0 bridgehead atoms. The van der Waals surface area contributed by atoms with Crippen molar-refractivity contribution in [2.45, 2.75) is 5.33 Å². The molecule has 0 aromatic carbocycles. The van der Waals surface area contributed by atoms with E-state index in [1.54, 1.807) is 12.4 Å². The normalized spacial score (nSPS) is 10.3. The first-order chi connectivity index (χ1) is 7.31. The highest BCUT2D eigenvalue weighted by Gasteiger charge is 2.06. The predicted octanol–water partition coefficient (Wildman–Crippen LogP) is 3.18. The molecule has 4 heteroatoms. The Bertz CT molecular complexity index is 459. The fourth-order valence-electron chi connectivity index (χ4n) is 1.36. The zero-order valence-corrected chi connectivity index (χ0v) is 9.41. The molecule has 2 rings (SSSR count). The summed E-state index contributed by atoms with van der Waals surface area (Å²) in [5, 5.41) is 0.602. The molecular weight excluding hydrogens is 259 g/mol. The molecular formula is C11H8BrFN2. The summed E-state index contributed by atoms with van der Waals surface area (Å²) in [6.07, 6.45) is 4.58. The standard InChI is InChI=1S/C11H8BrFN2/c12-6-11-10(5-9(13)7-15-11)8-1-3-14-4-2-8/h1-5,7H,6H2. The minimum absolute atomic E-state index is 0.327. The topological polar surface area (TPSA) is 25.8 Å². The molecule has 0 atom stereocenters. The van der Waals surface area contributed by atoms with Crippen LogP contribution in [0.3, 0.4) is 0 Å². The molecule has 0 aliphatic heterocycles. The average Bonchev–Trinajstić information content (AvgIpc) is 2.30. The molecule has 0 saturated heterocycles. The van der Waals surface area contributed by atoms with Crippen molar-refractivity contribution in [3.05, 3.63) is 48.3 Å². The molecule has 0 aliphatic rings. The van der Waals surface area contributed by atoms with Gasteiger partial charge in [0.2, 0.25) is 0 Å². The molecule has 0 unspecified atom stereocenters. The lowest BCUT2D eigenvalue weighted by molar-refractivity contribution is 0.621. The molecule has 0 saturated carbocycles. The second kappa shape index (κ2) is 4.49. The first-order valence-corrected chi connectivity index (χ1v) is 5.54. The van der Waals surface area contributed by atoms with Gasteiger partial charge in [0.15, 0.2) is 0 Å². The highest BCUT2D eigenvalue weighted by atomic mass is 79.9. The van der Waals surface area contributed by atoms with Crippen molar-refractivity contribution in [3.8, 4) is 11.1 Å². The summed E-state index contributed by atoms with van der Waals surface area (Å²) in [5.74, 6) is -0.327. The van der Waals surface area contributed by atoms with Crippen LogP contribution in [0.25, 0.3) is 11.1 Å². The first kappa shape index (κ1) is 10.2. The quantitative estimate of drug-likeness (QED) is 0.781. The largest absolute Gasteiger partial charge is 0.265 e. The van der Waals surface area contributed by atoms with E-state index in [9.17, 15) is 4.39 Å². The van der Waals surface area contributed by atoms with Gasteiger partial charge in [-0.05, 0) is 23.8 Å². The fourth-order valence-corrected chi connectivity index (χ4v) is 1.80. The molecule has 15 heavy (non-hydrogen) atoms. The van der Waals surface area contributed by atoms with Gasteiger partial charge in [-0.3, -0.25) is 9.97 Å². The van der Waals surface area contributed by atoms with E-state index in [4.69, 9.17) is 0 Å². The third-order valence-electron chi connectivity index (χ3n) is 2.05. The third kappa shape index (κ3) is 2.21. The number of aromatic nitrogens is 2. The van der Waals surface area contributed by atoms with Crippen LogP contribution in [0.4, 0.5) is 4.39 Å². The van der Waals surface area contributed by atoms with Crippen molar-refractivity contribution in [1.29, 1.82) is 0 Å². The lowest BCUT2D eigenvalue weighted by Crippen LogP contribution is -1.92. The molecule has 2 aromatic heterocycles. The summed E-state index contributed by atoms with van der Waals surface area (Å²) in [6.45, 7) is 0. The van der Waals surface area contributed by atoms with Gasteiger partial charge >= 0.3 is 0 Å². The van der Waals surface area contributed by atoms with Crippen LogP contribution in [0.1, 0.15) is 5.69 Å². The van der Waals surface area contributed by atoms with Gasteiger partial charge in [0.1, 0.15) is 5.82 Å². The van der Waals surface area contributed by atoms with E-state index >= 15 is 0 Å². The Labute approximate surface area is 95.3 Å². The van der Waals surface area contributed by atoms with Crippen LogP contribution in [-0.2, 0) is 5.33 Å². The number of halogens is 2. The van der Waals surface area contributed by atoms with Crippen LogP contribution in [0.15, 0.2) is 36.8 Å². The van der Waals surface area contributed by atoms with Crippen molar-refractivity contribution < 1.29 is 4.39 Å². The van der Waals surface area contributed by atoms with Crippen LogP contribution in [-0.4, -0.2) is 9.97 Å². The molecule has 2 aromatic rings. The van der Waals surface area contributed by atoms with Crippen molar-refractivity contribution in [3.63, 3.8) is 0 Å². The summed E-state index contributed by atoms with van der Waals surface area (Å²) in [6, 6.07) is 5.16. The SMILES string of the molecule is Fc1cnc(CBr)c(-c2ccncc2)c1. The van der Waals surface area contributed by atoms with Gasteiger partial charge in [-0.1, -0.05) is 15.9 Å². The lowest BCUT2D eigenvalue weighted by Gasteiger charge is -2.05. The van der Waals surface area contributed by atoms with Crippen molar-refractivity contribution in [1.82, 2.24) is 9.97 Å². The van der Waals surface area contributed by atoms with E-state index in [-0.39, 0.29) is 5.82 Å². The fraction of sp³-hybridized carbons (Fsp3) is 0.0909. The number of pyridine rings is 2. The number of alkyl halides is 1. The highest BCUT2D eigenvalue weighted by Crippen LogP contribution is 2.23. The van der Waals surface area contributed by atoms with E-state index in [1.165, 1.54) is 12.3 Å². The lowest BCUT2D eigenvalue weighted by atomic mass is 10.1. The Morgan fingerprint density at radius 3 is 2.67 bits per heavy atom. The maximum atomic E-state index is 13.1. The predicted molar refractivity (Wildman–Crippen MR) is 60.1 cm³/mol. The summed E-state index contributed by atoms with van der Waals surface area (Å²) in [5.41, 5.74) is 2.54. The summed E-state index contributed by atoms with van der Waals surface area (Å²) < 4.78 is 13.1. The molecule has 0 fully saturated rings. The Kier molecular flexibility index (Phi) is 3.06. The molecule has 0 aliphatic carbocycles. The van der Waals surface area contributed by atoms with Gasteiger partial charge in [-0.15, -0.1) is 0 Å². The number of hydrogen-bond donors (Lipinski definition) is 0. The van der Waals surface area contributed by atoms with Gasteiger partial charge in [0.25, 0.3) is 0 Å². The van der Waals surface area contributed by atoms with Crippen LogP contribution in [0, 0.1) is 5.82 Å². The Morgan fingerprint density at radius 2 is 2.00 bits per heavy atom. The van der Waals surface area contributed by atoms with Crippen molar-refractivity contribution in [2.75, 3.05) is 0 Å². The molecule has 2 heterocycles. The smallest absolute Gasteiger partial charge is 0.142 e. The van der Waals surface area contributed by atoms with Crippen LogP contribution < -0.4 is 0 Å². The third-order valence-corrected chi connectivity index (χ3v) is 2.59. The Balaban J connectivity index is 2.56. The maximum absolute atomic E-state index is 13.1. The monoisotopic (exact) mass is 266 g/mol. The minimum atomic E-state index is -0.327. The van der Waals surface area contributed by atoms with Gasteiger partial charge < -0.3 is 0 Å². The molecule has 76 valence electrons. The molecule has 0 spiro atoms. The van der Waals surface area contributed by atoms with E-state index in [1.807, 2.05) is 12.1 Å². The molecule has 2 nitrogen and oxygen atoms in total. The zero-order chi connectivity index (χ0) is 10.7. The number of nitrogens with zero attached hydrogens (tertiary/aromatic N) is 2. The molecule has 0 radical (unpaired) electrons. The van der Waals surface area contributed by atoms with Crippen LogP contribution in [0.2, 0.25) is 0 Å². The second-order valence-electron chi connectivity index (χ2n) is 3.02. The first-order valence-electron chi connectivity index (χ1n) is 4.42. The van der Waals surface area contributed by atoms with Crippen LogP contribution >= 0.6 is 15.9 Å². The van der Waals surface area contributed by atoms with Gasteiger partial charge in [-0.25, -0.2) is 4.39 Å². The van der Waals surface area contributed by atoms with Crippen LogP contribution in [0.5, 0.6) is 0 Å². The second-order valence-corrected chi connectivity index (χ2v) is 3.58. The average molecular weight is 267 g/mol. The van der Waals surface area contributed by atoms with E-state index in [0.717, 1.165) is 16.8 Å². The summed E-state index contributed by atoms with van der Waals surface area (Å²) in [7, 11) is 0.